The van der Waals surface area contributed by atoms with Gasteiger partial charge in [-0.15, -0.1) is 0 Å². The molecule has 6 heteroatoms. The first-order valence-electron chi connectivity index (χ1n) is 10.00. The van der Waals surface area contributed by atoms with Crippen LogP contribution in [-0.4, -0.2) is 39.9 Å². The smallest absolute Gasteiger partial charge is 0.317 e. The van der Waals surface area contributed by atoms with E-state index in [-0.39, 0.29) is 12.1 Å². The quantitative estimate of drug-likeness (QED) is 0.768. The summed E-state index contributed by atoms with van der Waals surface area (Å²) in [5, 5.41) is 7.35. The Balaban J connectivity index is 1.52. The number of ether oxygens (including phenoxy) is 1. The van der Waals surface area contributed by atoms with Gasteiger partial charge in [-0.05, 0) is 55.9 Å². The van der Waals surface area contributed by atoms with E-state index < -0.39 is 0 Å². The molecule has 1 aromatic carbocycles. The molecule has 0 radical (unpaired) electrons. The summed E-state index contributed by atoms with van der Waals surface area (Å²) in [4.78, 5) is 14.8. The second kappa shape index (κ2) is 10.00. The minimum absolute atomic E-state index is 0.0278. The maximum Gasteiger partial charge on any atom is 0.317 e. The second-order valence-electron chi connectivity index (χ2n) is 7.06. The molecule has 1 aromatic heterocycles. The molecular formula is C21H30N4O2. The van der Waals surface area contributed by atoms with Gasteiger partial charge in [0.2, 0.25) is 0 Å². The van der Waals surface area contributed by atoms with Crippen LogP contribution in [0.3, 0.4) is 0 Å². The molecule has 0 saturated carbocycles. The van der Waals surface area contributed by atoms with Crippen molar-refractivity contribution in [1.82, 2.24) is 20.0 Å². The fourth-order valence-corrected chi connectivity index (χ4v) is 3.53. The normalized spacial score (nSPS) is 16.9. The molecule has 6 nitrogen and oxygen atoms in total. The molecule has 2 aromatic rings. The average molecular weight is 370 g/mol. The van der Waals surface area contributed by atoms with Crippen molar-refractivity contribution in [2.45, 2.75) is 58.2 Å². The van der Waals surface area contributed by atoms with Crippen LogP contribution >= 0.6 is 0 Å². The summed E-state index contributed by atoms with van der Waals surface area (Å²) in [6.45, 7) is 4.99. The molecule has 1 aliphatic rings. The summed E-state index contributed by atoms with van der Waals surface area (Å²) >= 11 is 0. The molecule has 1 saturated heterocycles. The van der Waals surface area contributed by atoms with Crippen LogP contribution in [0.25, 0.3) is 0 Å². The Kier molecular flexibility index (Phi) is 7.13. The number of hydrogen-bond acceptors (Lipinski definition) is 3. The number of carbonyl (C=O) groups excluding carboxylic acids is 1. The number of rotatable bonds is 8. The third-order valence-electron chi connectivity index (χ3n) is 4.95. The van der Waals surface area contributed by atoms with Gasteiger partial charge in [-0.1, -0.05) is 19.1 Å². The van der Waals surface area contributed by atoms with Crippen molar-refractivity contribution in [3.8, 4) is 5.75 Å². The fraction of sp³-hybridized carbons (Fsp3) is 0.524. The maximum atomic E-state index is 12.8. The zero-order chi connectivity index (χ0) is 18.9. The number of nitrogens with zero attached hydrogens (tertiary/aromatic N) is 3. The monoisotopic (exact) mass is 370 g/mol. The van der Waals surface area contributed by atoms with Crippen LogP contribution in [0.2, 0.25) is 0 Å². The number of carbonyl (C=O) groups is 1. The summed E-state index contributed by atoms with van der Waals surface area (Å²) in [7, 11) is 0. The van der Waals surface area contributed by atoms with Crippen molar-refractivity contribution in [2.75, 3.05) is 13.2 Å². The highest BCUT2D eigenvalue weighted by atomic mass is 16.5. The van der Waals surface area contributed by atoms with Crippen molar-refractivity contribution in [1.29, 1.82) is 0 Å². The van der Waals surface area contributed by atoms with E-state index in [0.29, 0.717) is 13.2 Å². The molecule has 0 bridgehead atoms. The number of hydrogen-bond donors (Lipinski definition) is 1. The van der Waals surface area contributed by atoms with Gasteiger partial charge in [-0.2, -0.15) is 5.10 Å². The Labute approximate surface area is 161 Å². The fourth-order valence-electron chi connectivity index (χ4n) is 3.53. The van der Waals surface area contributed by atoms with Crippen molar-refractivity contribution >= 4 is 6.03 Å². The molecule has 0 unspecified atom stereocenters. The Morgan fingerprint density at radius 3 is 3.07 bits per heavy atom. The average Bonchev–Trinajstić information content (AvgIpc) is 3.23. The molecule has 0 spiro atoms. The molecule has 27 heavy (non-hydrogen) atoms. The number of benzene rings is 1. The van der Waals surface area contributed by atoms with E-state index in [9.17, 15) is 4.79 Å². The van der Waals surface area contributed by atoms with Crippen LogP contribution in [0.4, 0.5) is 4.79 Å². The molecule has 146 valence electrons. The second-order valence-corrected chi connectivity index (χ2v) is 7.06. The van der Waals surface area contributed by atoms with Crippen molar-refractivity contribution in [3.05, 3.63) is 48.3 Å². The number of amides is 2. The van der Waals surface area contributed by atoms with Gasteiger partial charge < -0.3 is 15.0 Å². The molecule has 1 N–H and O–H groups in total. The highest BCUT2D eigenvalue weighted by Gasteiger charge is 2.26. The Morgan fingerprint density at radius 2 is 2.26 bits per heavy atom. The van der Waals surface area contributed by atoms with Crippen LogP contribution in [0, 0.1) is 0 Å². The number of nitrogens with one attached hydrogen (secondary N) is 1. The third-order valence-corrected chi connectivity index (χ3v) is 4.95. The minimum Gasteiger partial charge on any atom is -0.494 e. The summed E-state index contributed by atoms with van der Waals surface area (Å²) in [5.41, 5.74) is 1.06. The van der Waals surface area contributed by atoms with E-state index in [4.69, 9.17) is 4.74 Å². The topological polar surface area (TPSA) is 59.4 Å². The molecule has 0 aliphatic carbocycles. The van der Waals surface area contributed by atoms with Gasteiger partial charge in [0.25, 0.3) is 0 Å². The van der Waals surface area contributed by atoms with Crippen LogP contribution in [0.1, 0.15) is 44.6 Å². The lowest BCUT2D eigenvalue weighted by atomic mass is 10.00. The number of piperidine rings is 1. The lowest BCUT2D eigenvalue weighted by Crippen LogP contribution is -2.48. The summed E-state index contributed by atoms with van der Waals surface area (Å²) in [5.74, 6) is 0.860. The van der Waals surface area contributed by atoms with Gasteiger partial charge in [0.1, 0.15) is 5.75 Å². The number of aryl methyl sites for hydroxylation is 1. The van der Waals surface area contributed by atoms with Gasteiger partial charge >= 0.3 is 6.03 Å². The van der Waals surface area contributed by atoms with E-state index in [1.807, 2.05) is 46.1 Å². The lowest BCUT2D eigenvalue weighted by Gasteiger charge is -2.35. The molecule has 1 aliphatic heterocycles. The molecule has 3 rings (SSSR count). The third kappa shape index (κ3) is 5.74. The maximum absolute atomic E-state index is 12.8. The highest BCUT2D eigenvalue weighted by Crippen LogP contribution is 2.21. The number of urea groups is 1. The van der Waals surface area contributed by atoms with Crippen molar-refractivity contribution in [3.63, 3.8) is 0 Å². The predicted octanol–water partition coefficient (Wildman–Crippen LogP) is 3.83. The van der Waals surface area contributed by atoms with E-state index in [1.165, 1.54) is 6.42 Å². The summed E-state index contributed by atoms with van der Waals surface area (Å²) in [6, 6.07) is 10.2. The summed E-state index contributed by atoms with van der Waals surface area (Å²) < 4.78 is 7.61. The zero-order valence-corrected chi connectivity index (χ0v) is 16.1. The standard InChI is InChI=1S/C21H30N4O2/c1-2-15-27-20-9-5-7-18(16-20)17-22-21(26)25-13-4-3-8-19(25)10-14-24-12-6-11-23-24/h5-7,9,11-12,16,19H,2-4,8,10,13-15,17H2,1H3,(H,22,26)/t19-/m0/s1. The molecular weight excluding hydrogens is 340 g/mol. The van der Waals surface area contributed by atoms with Crippen LogP contribution in [0.5, 0.6) is 5.75 Å². The van der Waals surface area contributed by atoms with E-state index in [0.717, 1.165) is 50.1 Å². The minimum atomic E-state index is 0.0278. The van der Waals surface area contributed by atoms with Crippen molar-refractivity contribution in [2.24, 2.45) is 0 Å². The Bertz CT molecular complexity index is 702. The van der Waals surface area contributed by atoms with Crippen LogP contribution in [-0.2, 0) is 13.1 Å². The van der Waals surface area contributed by atoms with E-state index in [2.05, 4.69) is 17.3 Å². The van der Waals surface area contributed by atoms with Gasteiger partial charge in [0, 0.05) is 38.1 Å². The van der Waals surface area contributed by atoms with Gasteiger partial charge in [-0.3, -0.25) is 4.68 Å². The zero-order valence-electron chi connectivity index (χ0n) is 16.1. The van der Waals surface area contributed by atoms with E-state index >= 15 is 0 Å². The summed E-state index contributed by atoms with van der Waals surface area (Å²) in [6.07, 6.45) is 9.02. The molecule has 2 amide bonds. The number of likely N-dealkylation sites (tertiary alicyclic amines) is 1. The Hall–Kier alpha value is -2.50. The number of aromatic nitrogens is 2. The van der Waals surface area contributed by atoms with Gasteiger partial charge in [0.05, 0.1) is 6.61 Å². The first kappa shape index (κ1) is 19.3. The molecule has 2 heterocycles. The molecule has 1 atom stereocenters. The lowest BCUT2D eigenvalue weighted by molar-refractivity contribution is 0.143. The van der Waals surface area contributed by atoms with Crippen molar-refractivity contribution < 1.29 is 9.53 Å². The SMILES string of the molecule is CCCOc1cccc(CNC(=O)N2CCCC[C@H]2CCn2cccn2)c1. The Morgan fingerprint density at radius 1 is 1.33 bits per heavy atom. The van der Waals surface area contributed by atoms with Crippen LogP contribution in [0.15, 0.2) is 42.7 Å². The van der Waals surface area contributed by atoms with Crippen LogP contribution < -0.4 is 10.1 Å². The predicted molar refractivity (Wildman–Crippen MR) is 106 cm³/mol. The van der Waals surface area contributed by atoms with E-state index in [1.54, 1.807) is 6.20 Å². The molecule has 1 fully saturated rings. The first-order valence-corrected chi connectivity index (χ1v) is 10.00. The van der Waals surface area contributed by atoms with Gasteiger partial charge in [-0.25, -0.2) is 4.79 Å². The highest BCUT2D eigenvalue weighted by molar-refractivity contribution is 5.74. The largest absolute Gasteiger partial charge is 0.494 e. The van der Waals surface area contributed by atoms with Gasteiger partial charge in [0.15, 0.2) is 0 Å². The first-order chi connectivity index (χ1) is 13.3.